The zero-order valence-electron chi connectivity index (χ0n) is 10.5. The number of rotatable bonds is 3. The monoisotopic (exact) mass is 256 g/mol. The highest BCUT2D eigenvalue weighted by molar-refractivity contribution is 5.21. The van der Waals surface area contributed by atoms with Crippen LogP contribution in [0.25, 0.3) is 0 Å². The average molecular weight is 256 g/mol. The Hall–Kier alpha value is -1.00. The summed E-state index contributed by atoms with van der Waals surface area (Å²) in [5.41, 5.74) is -0.886. The third kappa shape index (κ3) is 2.70. The smallest absolute Gasteiger partial charge is 0.126 e. The molecule has 18 heavy (non-hydrogen) atoms. The minimum atomic E-state index is -1.10. The zero-order chi connectivity index (χ0) is 13.2. The van der Waals surface area contributed by atoms with Crippen molar-refractivity contribution in [3.05, 3.63) is 35.4 Å². The SMILES string of the molecule is COC1CCCCC1(O)Cc1cc(F)ccc1F. The number of halogens is 2. The van der Waals surface area contributed by atoms with Crippen LogP contribution in [0.3, 0.4) is 0 Å². The number of methoxy groups -OCH3 is 1. The molecule has 0 radical (unpaired) electrons. The number of hydrogen-bond donors (Lipinski definition) is 1. The summed E-state index contributed by atoms with van der Waals surface area (Å²) in [6.45, 7) is 0. The van der Waals surface area contributed by atoms with Crippen LogP contribution in [0.1, 0.15) is 31.2 Å². The highest BCUT2D eigenvalue weighted by Crippen LogP contribution is 2.34. The summed E-state index contributed by atoms with van der Waals surface area (Å²) in [5, 5.41) is 10.6. The van der Waals surface area contributed by atoms with Gasteiger partial charge < -0.3 is 9.84 Å². The number of hydrogen-bond acceptors (Lipinski definition) is 2. The molecule has 0 aliphatic heterocycles. The van der Waals surface area contributed by atoms with E-state index in [9.17, 15) is 13.9 Å². The summed E-state index contributed by atoms with van der Waals surface area (Å²) in [4.78, 5) is 0. The van der Waals surface area contributed by atoms with Gasteiger partial charge in [0.05, 0.1) is 11.7 Å². The fourth-order valence-corrected chi connectivity index (χ4v) is 2.74. The fourth-order valence-electron chi connectivity index (χ4n) is 2.74. The average Bonchev–Trinajstić information content (AvgIpc) is 2.34. The van der Waals surface area contributed by atoms with Gasteiger partial charge >= 0.3 is 0 Å². The van der Waals surface area contributed by atoms with Gasteiger partial charge in [0.1, 0.15) is 11.6 Å². The lowest BCUT2D eigenvalue weighted by atomic mass is 9.78. The maximum Gasteiger partial charge on any atom is 0.126 e. The van der Waals surface area contributed by atoms with E-state index >= 15 is 0 Å². The van der Waals surface area contributed by atoms with Crippen LogP contribution in [0.2, 0.25) is 0 Å². The molecule has 2 atom stereocenters. The summed E-state index contributed by atoms with van der Waals surface area (Å²) in [5.74, 6) is -0.968. The second-order valence-electron chi connectivity index (χ2n) is 4.99. The molecule has 0 heterocycles. The second-order valence-corrected chi connectivity index (χ2v) is 4.99. The van der Waals surface area contributed by atoms with E-state index in [0.717, 1.165) is 37.5 Å². The molecular formula is C14H18F2O2. The van der Waals surface area contributed by atoms with Gasteiger partial charge in [-0.1, -0.05) is 12.8 Å². The first kappa shape index (κ1) is 13.4. The van der Waals surface area contributed by atoms with Gasteiger partial charge in [0, 0.05) is 13.5 Å². The number of ether oxygens (including phenoxy) is 1. The molecule has 100 valence electrons. The van der Waals surface area contributed by atoms with Crippen LogP contribution in [0.5, 0.6) is 0 Å². The minimum absolute atomic E-state index is 0.0924. The first-order chi connectivity index (χ1) is 8.55. The Bertz CT molecular complexity index is 422. The molecule has 2 unspecified atom stereocenters. The van der Waals surface area contributed by atoms with Crippen LogP contribution in [0.15, 0.2) is 18.2 Å². The van der Waals surface area contributed by atoms with E-state index in [1.54, 1.807) is 7.11 Å². The standard InChI is InChI=1S/C14H18F2O2/c1-18-13-4-2-3-7-14(13,17)9-10-8-11(15)5-6-12(10)16/h5-6,8,13,17H,2-4,7,9H2,1H3. The van der Waals surface area contributed by atoms with E-state index in [1.807, 2.05) is 0 Å². The van der Waals surface area contributed by atoms with Crippen molar-refractivity contribution in [2.75, 3.05) is 7.11 Å². The highest BCUT2D eigenvalue weighted by atomic mass is 19.1. The van der Waals surface area contributed by atoms with Gasteiger partial charge in [-0.3, -0.25) is 0 Å². The van der Waals surface area contributed by atoms with Crippen molar-refractivity contribution in [1.29, 1.82) is 0 Å². The van der Waals surface area contributed by atoms with Crippen molar-refractivity contribution in [3.63, 3.8) is 0 Å². The molecule has 0 bridgehead atoms. The molecule has 1 aliphatic carbocycles. The molecule has 4 heteroatoms. The third-order valence-corrected chi connectivity index (χ3v) is 3.71. The van der Waals surface area contributed by atoms with Crippen molar-refractivity contribution in [2.24, 2.45) is 0 Å². The summed E-state index contributed by atoms with van der Waals surface area (Å²) >= 11 is 0. The molecule has 0 spiro atoms. The molecule has 2 nitrogen and oxygen atoms in total. The van der Waals surface area contributed by atoms with Gasteiger partial charge in [0.15, 0.2) is 0 Å². The van der Waals surface area contributed by atoms with Crippen molar-refractivity contribution < 1.29 is 18.6 Å². The van der Waals surface area contributed by atoms with Crippen molar-refractivity contribution in [3.8, 4) is 0 Å². The maximum atomic E-state index is 13.6. The Morgan fingerprint density at radius 1 is 1.39 bits per heavy atom. The van der Waals surface area contributed by atoms with Gasteiger partial charge in [0.25, 0.3) is 0 Å². The lowest BCUT2D eigenvalue weighted by molar-refractivity contribution is -0.116. The molecule has 0 aromatic heterocycles. The number of aliphatic hydroxyl groups is 1. The molecule has 1 aromatic carbocycles. The largest absolute Gasteiger partial charge is 0.387 e. The maximum absolute atomic E-state index is 13.6. The van der Waals surface area contributed by atoms with Gasteiger partial charge in [-0.05, 0) is 36.6 Å². The van der Waals surface area contributed by atoms with Crippen LogP contribution in [-0.4, -0.2) is 23.9 Å². The lowest BCUT2D eigenvalue weighted by Gasteiger charge is -2.39. The summed E-state index contributed by atoms with van der Waals surface area (Å²) < 4.78 is 32.0. The first-order valence-electron chi connectivity index (χ1n) is 6.24. The van der Waals surface area contributed by atoms with E-state index in [1.165, 1.54) is 0 Å². The van der Waals surface area contributed by atoms with Crippen molar-refractivity contribution >= 4 is 0 Å². The molecule has 0 saturated heterocycles. The predicted octanol–water partition coefficient (Wildman–Crippen LogP) is 2.83. The van der Waals surface area contributed by atoms with E-state index in [2.05, 4.69) is 0 Å². The Kier molecular flexibility index (Phi) is 3.97. The Morgan fingerprint density at radius 3 is 2.89 bits per heavy atom. The number of benzene rings is 1. The molecule has 1 aromatic rings. The van der Waals surface area contributed by atoms with E-state index in [4.69, 9.17) is 4.74 Å². The predicted molar refractivity (Wildman–Crippen MR) is 64.3 cm³/mol. The zero-order valence-corrected chi connectivity index (χ0v) is 10.5. The minimum Gasteiger partial charge on any atom is -0.387 e. The van der Waals surface area contributed by atoms with E-state index < -0.39 is 17.2 Å². The molecule has 1 saturated carbocycles. The molecule has 1 aliphatic rings. The third-order valence-electron chi connectivity index (χ3n) is 3.71. The molecule has 1 fully saturated rings. The lowest BCUT2D eigenvalue weighted by Crippen LogP contribution is -2.47. The topological polar surface area (TPSA) is 29.5 Å². The summed E-state index contributed by atoms with van der Waals surface area (Å²) in [6, 6.07) is 3.32. The quantitative estimate of drug-likeness (QED) is 0.901. The molecule has 2 rings (SSSR count). The van der Waals surface area contributed by atoms with Crippen LogP contribution in [-0.2, 0) is 11.2 Å². The Labute approximate surface area is 106 Å². The Balaban J connectivity index is 2.22. The Morgan fingerprint density at radius 2 is 2.17 bits per heavy atom. The van der Waals surface area contributed by atoms with Gasteiger partial charge in [-0.15, -0.1) is 0 Å². The van der Waals surface area contributed by atoms with Crippen LogP contribution < -0.4 is 0 Å². The van der Waals surface area contributed by atoms with Gasteiger partial charge in [-0.2, -0.15) is 0 Å². The van der Waals surface area contributed by atoms with Crippen LogP contribution >= 0.6 is 0 Å². The summed E-state index contributed by atoms with van der Waals surface area (Å²) in [7, 11) is 1.54. The van der Waals surface area contributed by atoms with Gasteiger partial charge in [0.2, 0.25) is 0 Å². The highest BCUT2D eigenvalue weighted by Gasteiger charge is 2.39. The molecule has 0 amide bonds. The first-order valence-corrected chi connectivity index (χ1v) is 6.24. The van der Waals surface area contributed by atoms with E-state index in [0.29, 0.717) is 6.42 Å². The molecular weight excluding hydrogens is 238 g/mol. The normalized spacial score (nSPS) is 28.3. The van der Waals surface area contributed by atoms with Crippen LogP contribution in [0.4, 0.5) is 8.78 Å². The van der Waals surface area contributed by atoms with Crippen LogP contribution in [0, 0.1) is 11.6 Å². The molecule has 1 N–H and O–H groups in total. The summed E-state index contributed by atoms with van der Waals surface area (Å²) in [6.07, 6.45) is 2.97. The van der Waals surface area contributed by atoms with Gasteiger partial charge in [-0.25, -0.2) is 8.78 Å². The van der Waals surface area contributed by atoms with Crippen molar-refractivity contribution in [2.45, 2.75) is 43.8 Å². The second kappa shape index (κ2) is 5.33. The van der Waals surface area contributed by atoms with E-state index in [-0.39, 0.29) is 18.1 Å². The van der Waals surface area contributed by atoms with Crippen molar-refractivity contribution in [1.82, 2.24) is 0 Å². The fraction of sp³-hybridized carbons (Fsp3) is 0.571.